The van der Waals surface area contributed by atoms with Gasteiger partial charge < -0.3 is 9.72 Å². The van der Waals surface area contributed by atoms with Crippen molar-refractivity contribution in [2.75, 3.05) is 32.8 Å². The quantitative estimate of drug-likeness (QED) is 0.421. The molecule has 2 atom stereocenters. The zero-order chi connectivity index (χ0) is 24.7. The van der Waals surface area contributed by atoms with Crippen molar-refractivity contribution in [1.82, 2.24) is 14.8 Å². The van der Waals surface area contributed by atoms with Gasteiger partial charge in [0, 0.05) is 48.8 Å². The van der Waals surface area contributed by atoms with Crippen molar-refractivity contribution in [2.24, 2.45) is 5.92 Å². The summed E-state index contributed by atoms with van der Waals surface area (Å²) in [5.41, 5.74) is 2.78. The number of alkyl halides is 1. The van der Waals surface area contributed by atoms with Gasteiger partial charge in [-0.25, -0.2) is 8.78 Å². The van der Waals surface area contributed by atoms with Crippen LogP contribution in [0, 0.1) is 11.7 Å². The van der Waals surface area contributed by atoms with E-state index in [4.69, 9.17) is 4.74 Å². The summed E-state index contributed by atoms with van der Waals surface area (Å²) in [7, 11) is 0. The normalized spacial score (nSPS) is 21.8. The highest BCUT2D eigenvalue weighted by Gasteiger charge is 2.38. The van der Waals surface area contributed by atoms with Gasteiger partial charge in [0.25, 0.3) is 0 Å². The zero-order valence-corrected chi connectivity index (χ0v) is 21.3. The zero-order valence-electron chi connectivity index (χ0n) is 21.3. The lowest BCUT2D eigenvalue weighted by atomic mass is 9.87. The number of rotatable bonds is 8. The van der Waals surface area contributed by atoms with Crippen LogP contribution in [0.2, 0.25) is 0 Å². The highest BCUT2D eigenvalue weighted by atomic mass is 19.1. The summed E-state index contributed by atoms with van der Waals surface area (Å²) in [4.78, 5) is 8.09. The van der Waals surface area contributed by atoms with Gasteiger partial charge in [-0.2, -0.15) is 0 Å². The molecular weight excluding hydrogens is 444 g/mol. The summed E-state index contributed by atoms with van der Waals surface area (Å²) < 4.78 is 35.9. The van der Waals surface area contributed by atoms with Crippen molar-refractivity contribution in [3.63, 3.8) is 0 Å². The molecule has 0 spiro atoms. The maximum absolute atomic E-state index is 15.2. The van der Waals surface area contributed by atoms with Crippen LogP contribution >= 0.6 is 0 Å². The predicted octanol–water partition coefficient (Wildman–Crippen LogP) is 6.11. The molecule has 0 radical (unpaired) electrons. The first-order valence-corrected chi connectivity index (χ1v) is 12.9. The molecule has 0 unspecified atom stereocenters. The van der Waals surface area contributed by atoms with Crippen LogP contribution in [0.4, 0.5) is 8.78 Å². The Morgan fingerprint density at radius 3 is 2.63 bits per heavy atom. The third-order valence-corrected chi connectivity index (χ3v) is 7.62. The van der Waals surface area contributed by atoms with Crippen LogP contribution in [-0.2, 0) is 6.42 Å². The number of H-pyrrole nitrogens is 1. The summed E-state index contributed by atoms with van der Waals surface area (Å²) in [6.07, 6.45) is 2.03. The molecule has 1 N–H and O–H groups in total. The molecule has 35 heavy (non-hydrogen) atoms. The molecule has 3 heterocycles. The molecule has 0 saturated carbocycles. The minimum Gasteiger partial charge on any atom is -0.489 e. The molecule has 188 valence electrons. The first-order valence-electron chi connectivity index (χ1n) is 12.9. The van der Waals surface area contributed by atoms with E-state index in [0.717, 1.165) is 48.7 Å². The van der Waals surface area contributed by atoms with E-state index in [9.17, 15) is 4.39 Å². The standard InChI is InChI=1S/C29H37F2N3O/c1-5-20-16-33(17-20)12-13-35-26-11-10-21(15-24(26)30)28-27-23(22-8-6-7-9-25(22)32-27)14-19(2)34(28)18-29(3,4)31/h6-11,15,19-20,28,32H,5,12-14,16-18H2,1-4H3/t19-,28-/m1/s1. The highest BCUT2D eigenvalue weighted by molar-refractivity contribution is 5.85. The van der Waals surface area contributed by atoms with Gasteiger partial charge in [-0.05, 0) is 62.4 Å². The van der Waals surface area contributed by atoms with Crippen molar-refractivity contribution in [3.05, 3.63) is 65.1 Å². The Labute approximate surface area is 207 Å². The summed E-state index contributed by atoms with van der Waals surface area (Å²) in [6, 6.07) is 13.3. The van der Waals surface area contributed by atoms with Crippen LogP contribution in [0.1, 0.15) is 57.0 Å². The molecule has 2 aliphatic heterocycles. The average Bonchev–Trinajstić information content (AvgIpc) is 3.14. The molecule has 2 aliphatic rings. The molecule has 0 aliphatic carbocycles. The summed E-state index contributed by atoms with van der Waals surface area (Å²) >= 11 is 0. The number of aromatic nitrogens is 1. The van der Waals surface area contributed by atoms with Crippen LogP contribution in [0.25, 0.3) is 10.9 Å². The fraction of sp³-hybridized carbons (Fsp3) is 0.517. The van der Waals surface area contributed by atoms with Crippen molar-refractivity contribution in [3.8, 4) is 5.75 Å². The Balaban J connectivity index is 1.42. The van der Waals surface area contributed by atoms with Gasteiger partial charge >= 0.3 is 0 Å². The van der Waals surface area contributed by atoms with Crippen molar-refractivity contribution < 1.29 is 13.5 Å². The fourth-order valence-electron chi connectivity index (χ4n) is 5.75. The number of hydrogen-bond donors (Lipinski definition) is 1. The van der Waals surface area contributed by atoms with Crippen LogP contribution < -0.4 is 4.74 Å². The third kappa shape index (κ3) is 4.96. The van der Waals surface area contributed by atoms with E-state index in [0.29, 0.717) is 6.61 Å². The Morgan fingerprint density at radius 1 is 1.14 bits per heavy atom. The second-order valence-electron chi connectivity index (χ2n) is 11.0. The summed E-state index contributed by atoms with van der Waals surface area (Å²) in [6.45, 7) is 11.3. The van der Waals surface area contributed by atoms with Gasteiger partial charge in [0.2, 0.25) is 0 Å². The minimum absolute atomic E-state index is 0.115. The minimum atomic E-state index is -1.37. The molecule has 3 aromatic rings. The monoisotopic (exact) mass is 481 g/mol. The second kappa shape index (κ2) is 9.55. The smallest absolute Gasteiger partial charge is 0.165 e. The Hall–Kier alpha value is -2.44. The van der Waals surface area contributed by atoms with E-state index in [1.54, 1.807) is 26.0 Å². The lowest BCUT2D eigenvalue weighted by Gasteiger charge is -2.43. The number of fused-ring (bicyclic) bond motifs is 3. The van der Waals surface area contributed by atoms with E-state index in [1.165, 1.54) is 17.4 Å². The first kappa shape index (κ1) is 24.3. The van der Waals surface area contributed by atoms with E-state index in [1.807, 2.05) is 18.2 Å². The van der Waals surface area contributed by atoms with Crippen LogP contribution in [-0.4, -0.2) is 59.3 Å². The number of nitrogens with one attached hydrogen (secondary N) is 1. The Kier molecular flexibility index (Phi) is 6.62. The van der Waals surface area contributed by atoms with Crippen molar-refractivity contribution >= 4 is 10.9 Å². The highest BCUT2D eigenvalue weighted by Crippen LogP contribution is 2.42. The molecule has 1 fully saturated rings. The van der Waals surface area contributed by atoms with E-state index >= 15 is 4.39 Å². The number of hydrogen-bond acceptors (Lipinski definition) is 3. The maximum atomic E-state index is 15.2. The van der Waals surface area contributed by atoms with Gasteiger partial charge in [0.15, 0.2) is 11.6 Å². The topological polar surface area (TPSA) is 31.5 Å². The summed E-state index contributed by atoms with van der Waals surface area (Å²) in [5.74, 6) is 0.697. The van der Waals surface area contributed by atoms with Crippen LogP contribution in [0.15, 0.2) is 42.5 Å². The number of para-hydroxylation sites is 1. The number of ether oxygens (including phenoxy) is 1. The van der Waals surface area contributed by atoms with E-state index < -0.39 is 5.67 Å². The van der Waals surface area contributed by atoms with E-state index in [2.05, 4.69) is 40.8 Å². The molecular formula is C29H37F2N3O. The average molecular weight is 482 g/mol. The molecule has 5 rings (SSSR count). The number of likely N-dealkylation sites (tertiary alicyclic amines) is 1. The number of nitrogens with zero attached hydrogens (tertiary/aromatic N) is 2. The molecule has 6 heteroatoms. The molecule has 2 aromatic carbocycles. The van der Waals surface area contributed by atoms with Gasteiger partial charge in [-0.3, -0.25) is 9.80 Å². The lowest BCUT2D eigenvalue weighted by molar-refractivity contribution is 0.0665. The fourth-order valence-corrected chi connectivity index (χ4v) is 5.75. The molecule has 4 nitrogen and oxygen atoms in total. The largest absolute Gasteiger partial charge is 0.489 e. The number of halogens is 2. The Bertz CT molecular complexity index is 1180. The molecule has 1 saturated heterocycles. The third-order valence-electron chi connectivity index (χ3n) is 7.62. The maximum Gasteiger partial charge on any atom is 0.165 e. The molecule has 0 bridgehead atoms. The van der Waals surface area contributed by atoms with Crippen LogP contribution in [0.3, 0.4) is 0 Å². The first-order chi connectivity index (χ1) is 16.7. The van der Waals surface area contributed by atoms with Gasteiger partial charge in [0.05, 0.1) is 6.04 Å². The van der Waals surface area contributed by atoms with Gasteiger partial charge in [0.1, 0.15) is 12.3 Å². The van der Waals surface area contributed by atoms with Crippen molar-refractivity contribution in [2.45, 2.75) is 58.3 Å². The number of aromatic amines is 1. The summed E-state index contributed by atoms with van der Waals surface area (Å²) in [5, 5.41) is 1.19. The van der Waals surface area contributed by atoms with Gasteiger partial charge in [-0.1, -0.05) is 37.6 Å². The SMILES string of the molecule is CCC1CN(CCOc2ccc([C@@H]3c4[nH]c5ccccc5c4C[C@@H](C)N3CC(C)(C)F)cc2F)C1. The Morgan fingerprint density at radius 2 is 1.91 bits per heavy atom. The van der Waals surface area contributed by atoms with Gasteiger partial charge in [-0.15, -0.1) is 0 Å². The van der Waals surface area contributed by atoms with E-state index in [-0.39, 0.29) is 30.2 Å². The molecule has 1 aromatic heterocycles. The molecule has 0 amide bonds. The number of benzene rings is 2. The second-order valence-corrected chi connectivity index (χ2v) is 11.0. The lowest BCUT2D eigenvalue weighted by Crippen LogP contribution is -2.48. The predicted molar refractivity (Wildman–Crippen MR) is 137 cm³/mol. The van der Waals surface area contributed by atoms with Crippen LogP contribution in [0.5, 0.6) is 5.75 Å². The van der Waals surface area contributed by atoms with Crippen molar-refractivity contribution in [1.29, 1.82) is 0 Å².